The molecule has 5 rings (SSSR count). The van der Waals surface area contributed by atoms with Crippen LogP contribution in [0.4, 0.5) is 0 Å². The molecule has 0 bridgehead atoms. The van der Waals surface area contributed by atoms with Crippen LogP contribution in [0.25, 0.3) is 0 Å². The van der Waals surface area contributed by atoms with Crippen molar-refractivity contribution >= 4 is 0 Å². The van der Waals surface area contributed by atoms with Crippen molar-refractivity contribution in [2.45, 2.75) is 124 Å². The molecule has 0 aliphatic heterocycles. The molecule has 33 heavy (non-hydrogen) atoms. The van der Waals surface area contributed by atoms with Gasteiger partial charge in [0.2, 0.25) is 0 Å². The summed E-state index contributed by atoms with van der Waals surface area (Å²) in [5.41, 5.74) is 1.96. The van der Waals surface area contributed by atoms with Crippen LogP contribution in [-0.2, 0) is 0 Å². The Balaban J connectivity index is 1.42. The number of aliphatic hydroxyl groups excluding tert-OH is 3. The molecule has 2 unspecified atom stereocenters. The Morgan fingerprint density at radius 3 is 2.30 bits per heavy atom. The van der Waals surface area contributed by atoms with Crippen LogP contribution in [0.15, 0.2) is 12.2 Å². The largest absolute Gasteiger partial charge is 0.393 e. The molecule has 5 aliphatic carbocycles. The van der Waals surface area contributed by atoms with E-state index in [1.807, 2.05) is 6.92 Å². The topological polar surface area (TPSA) is 60.7 Å². The minimum Gasteiger partial charge on any atom is -0.393 e. The minimum atomic E-state index is -0.371. The predicted molar refractivity (Wildman–Crippen MR) is 133 cm³/mol. The third-order valence-corrected chi connectivity index (χ3v) is 13.3. The first-order valence-electron chi connectivity index (χ1n) is 14.0. The van der Waals surface area contributed by atoms with Crippen molar-refractivity contribution in [1.29, 1.82) is 0 Å². The molecule has 5 fully saturated rings. The van der Waals surface area contributed by atoms with Crippen LogP contribution in [0.5, 0.6) is 0 Å². The van der Waals surface area contributed by atoms with Gasteiger partial charge in [-0.2, -0.15) is 0 Å². The molecule has 0 aromatic rings. The van der Waals surface area contributed by atoms with Gasteiger partial charge in [-0.1, -0.05) is 46.8 Å². The van der Waals surface area contributed by atoms with E-state index >= 15 is 0 Å². The molecule has 0 aromatic heterocycles. The summed E-state index contributed by atoms with van der Waals surface area (Å²) in [4.78, 5) is 0. The SMILES string of the molecule is C=C(C)C(O)CCC(C)[C@H]1CC[C@@]2(C)[C@@H]3C[C@H](O)[C@H]4C(C)(C)[C@@H](O)CC[C@@]45C[C@@]35CC[C@]12C. The average molecular weight is 459 g/mol. The van der Waals surface area contributed by atoms with Crippen LogP contribution in [0, 0.1) is 50.7 Å². The van der Waals surface area contributed by atoms with Crippen LogP contribution in [0.1, 0.15) is 106 Å². The van der Waals surface area contributed by atoms with E-state index < -0.39 is 0 Å². The molecule has 3 heteroatoms. The van der Waals surface area contributed by atoms with Gasteiger partial charge in [-0.25, -0.2) is 0 Å². The first kappa shape index (κ1) is 24.3. The second kappa shape index (κ2) is 7.32. The zero-order valence-corrected chi connectivity index (χ0v) is 22.2. The fraction of sp³-hybridized carbons (Fsp3) is 0.933. The lowest BCUT2D eigenvalue weighted by atomic mass is 9.41. The second-order valence-electron chi connectivity index (χ2n) is 14.6. The quantitative estimate of drug-likeness (QED) is 0.436. The lowest BCUT2D eigenvalue weighted by molar-refractivity contribution is -0.198. The van der Waals surface area contributed by atoms with E-state index in [4.69, 9.17) is 0 Å². The Kier molecular flexibility index (Phi) is 5.40. The van der Waals surface area contributed by atoms with Gasteiger partial charge in [0.25, 0.3) is 0 Å². The highest BCUT2D eigenvalue weighted by Gasteiger charge is 2.83. The van der Waals surface area contributed by atoms with E-state index in [0.29, 0.717) is 28.6 Å². The molecular weight excluding hydrogens is 408 g/mol. The molecule has 0 heterocycles. The standard InChI is InChI=1S/C30H50O3/c1-18(2)21(31)9-8-19(3)20-10-12-28(7)23-16-22(32)25-26(4,5)24(33)11-13-30(25)17-29(23,30)15-14-27(20,28)6/h19-25,31-33H,1,8-17H2,2-7H3/t19?,20-,21?,22+,23+,24+,25+,27-,28+,29+,30-/m1/s1. The smallest absolute Gasteiger partial charge is 0.0744 e. The summed E-state index contributed by atoms with van der Waals surface area (Å²) in [5.74, 6) is 2.17. The van der Waals surface area contributed by atoms with Crippen LogP contribution in [-0.4, -0.2) is 33.6 Å². The van der Waals surface area contributed by atoms with Gasteiger partial charge >= 0.3 is 0 Å². The molecule has 0 saturated heterocycles. The molecule has 3 N–H and O–H groups in total. The first-order valence-corrected chi connectivity index (χ1v) is 14.0. The fourth-order valence-corrected chi connectivity index (χ4v) is 11.2. The van der Waals surface area contributed by atoms with Gasteiger partial charge in [0.15, 0.2) is 0 Å². The van der Waals surface area contributed by atoms with Gasteiger partial charge in [-0.05, 0) is 122 Å². The second-order valence-corrected chi connectivity index (χ2v) is 14.6. The van der Waals surface area contributed by atoms with Crippen molar-refractivity contribution in [1.82, 2.24) is 0 Å². The molecular formula is C30H50O3. The maximum atomic E-state index is 11.6. The zero-order valence-electron chi connectivity index (χ0n) is 22.2. The Bertz CT molecular complexity index is 819. The lowest BCUT2D eigenvalue weighted by Gasteiger charge is -2.64. The zero-order chi connectivity index (χ0) is 24.2. The first-order chi connectivity index (χ1) is 15.3. The summed E-state index contributed by atoms with van der Waals surface area (Å²) in [6.07, 6.45) is 10.4. The van der Waals surface area contributed by atoms with Gasteiger partial charge in [0, 0.05) is 0 Å². The molecule has 5 aliphatic rings. The molecule has 0 aromatic carbocycles. The van der Waals surface area contributed by atoms with E-state index in [-0.39, 0.29) is 40.5 Å². The van der Waals surface area contributed by atoms with E-state index in [0.717, 1.165) is 37.7 Å². The summed E-state index contributed by atoms with van der Waals surface area (Å²) in [5, 5.41) is 32.8. The van der Waals surface area contributed by atoms with Gasteiger partial charge in [-0.15, -0.1) is 0 Å². The van der Waals surface area contributed by atoms with Crippen LogP contribution >= 0.6 is 0 Å². The van der Waals surface area contributed by atoms with Crippen molar-refractivity contribution in [3.05, 3.63) is 12.2 Å². The molecule has 2 spiro atoms. The molecule has 188 valence electrons. The van der Waals surface area contributed by atoms with Gasteiger partial charge in [0.1, 0.15) is 0 Å². The van der Waals surface area contributed by atoms with Crippen LogP contribution in [0.2, 0.25) is 0 Å². The summed E-state index contributed by atoms with van der Waals surface area (Å²) in [7, 11) is 0. The molecule has 0 amide bonds. The Labute approximate surface area is 202 Å². The summed E-state index contributed by atoms with van der Waals surface area (Å²) >= 11 is 0. The van der Waals surface area contributed by atoms with Crippen molar-refractivity contribution in [2.24, 2.45) is 50.7 Å². The van der Waals surface area contributed by atoms with E-state index in [2.05, 4.69) is 41.2 Å². The lowest BCUT2D eigenvalue weighted by Crippen LogP contribution is -2.61. The monoisotopic (exact) mass is 458 g/mol. The molecule has 3 nitrogen and oxygen atoms in total. The normalized spacial score (nSPS) is 53.8. The number of rotatable bonds is 5. The highest BCUT2D eigenvalue weighted by atomic mass is 16.3. The van der Waals surface area contributed by atoms with Crippen molar-refractivity contribution in [3.63, 3.8) is 0 Å². The molecule has 11 atom stereocenters. The van der Waals surface area contributed by atoms with Crippen molar-refractivity contribution < 1.29 is 15.3 Å². The van der Waals surface area contributed by atoms with Crippen molar-refractivity contribution in [2.75, 3.05) is 0 Å². The van der Waals surface area contributed by atoms with Crippen LogP contribution in [0.3, 0.4) is 0 Å². The van der Waals surface area contributed by atoms with E-state index in [1.165, 1.54) is 32.1 Å². The van der Waals surface area contributed by atoms with Gasteiger partial charge < -0.3 is 15.3 Å². The van der Waals surface area contributed by atoms with Crippen molar-refractivity contribution in [3.8, 4) is 0 Å². The number of fused-ring (bicyclic) bond motifs is 2. The highest BCUT2D eigenvalue weighted by Crippen LogP contribution is 2.89. The summed E-state index contributed by atoms with van der Waals surface area (Å²) < 4.78 is 0. The van der Waals surface area contributed by atoms with Gasteiger partial charge in [-0.3, -0.25) is 0 Å². The summed E-state index contributed by atoms with van der Waals surface area (Å²) in [6, 6.07) is 0. The Morgan fingerprint density at radius 2 is 1.64 bits per heavy atom. The maximum Gasteiger partial charge on any atom is 0.0744 e. The number of hydrogen-bond donors (Lipinski definition) is 3. The maximum absolute atomic E-state index is 11.6. The number of aliphatic hydroxyl groups is 3. The number of hydrogen-bond acceptors (Lipinski definition) is 3. The third-order valence-electron chi connectivity index (χ3n) is 13.3. The molecule has 0 radical (unpaired) electrons. The van der Waals surface area contributed by atoms with Crippen LogP contribution < -0.4 is 0 Å². The third kappa shape index (κ3) is 2.91. The predicted octanol–water partition coefficient (Wildman–Crippen LogP) is 6.11. The average Bonchev–Trinajstić information content (AvgIpc) is 3.30. The molecule has 5 saturated carbocycles. The van der Waals surface area contributed by atoms with E-state index in [1.54, 1.807) is 0 Å². The summed E-state index contributed by atoms with van der Waals surface area (Å²) in [6.45, 7) is 17.9. The Hall–Kier alpha value is -0.380. The fourth-order valence-electron chi connectivity index (χ4n) is 11.2. The highest BCUT2D eigenvalue weighted by molar-refractivity contribution is 5.31. The Morgan fingerprint density at radius 1 is 0.939 bits per heavy atom. The minimum absolute atomic E-state index is 0.190. The van der Waals surface area contributed by atoms with Gasteiger partial charge in [0.05, 0.1) is 18.3 Å². The van der Waals surface area contributed by atoms with E-state index in [9.17, 15) is 15.3 Å².